The fourth-order valence-electron chi connectivity index (χ4n) is 2.85. The number of nitrogens with one attached hydrogen (secondary N) is 1. The Morgan fingerprint density at radius 1 is 1.14 bits per heavy atom. The molecule has 0 spiro atoms. The predicted octanol–water partition coefficient (Wildman–Crippen LogP) is 3.01. The molecule has 1 aromatic heterocycles. The van der Waals surface area contributed by atoms with Crippen LogP contribution in [0.25, 0.3) is 17.0 Å². The van der Waals surface area contributed by atoms with Gasteiger partial charge in [0.15, 0.2) is 19.0 Å². The van der Waals surface area contributed by atoms with E-state index in [1.165, 1.54) is 18.2 Å². The van der Waals surface area contributed by atoms with E-state index in [1.54, 1.807) is 18.2 Å². The number of carbonyl (C=O) groups excluding carboxylic acids is 3. The molecule has 1 aliphatic rings. The van der Waals surface area contributed by atoms with Crippen molar-refractivity contribution in [3.63, 3.8) is 0 Å². The number of Topliss-reactive ketones (excluding diaryl/α,β-unsaturated/α-hetero) is 1. The standard InChI is InChI=1S/C22H16N2O5/c25-19(15-6-9-20-18(11-15)24-21(26)13-28-20)12-29-22(27)10-8-16-7-5-14-3-1-2-4-17(14)23-16/h1-11H,12-13H2,(H,24,26)/b10-8+. The Morgan fingerprint density at radius 3 is 2.90 bits per heavy atom. The molecule has 1 amide bonds. The highest BCUT2D eigenvalue weighted by Gasteiger charge is 2.18. The second-order valence-electron chi connectivity index (χ2n) is 6.34. The van der Waals surface area contributed by atoms with E-state index in [0.717, 1.165) is 10.9 Å². The van der Waals surface area contributed by atoms with Crippen LogP contribution in [0.5, 0.6) is 5.75 Å². The second kappa shape index (κ2) is 7.93. The first-order chi connectivity index (χ1) is 14.1. The number of ether oxygens (including phenoxy) is 2. The molecule has 144 valence electrons. The SMILES string of the molecule is O=C1COc2ccc(C(=O)COC(=O)/C=C/c3ccc4ccccc4n3)cc2N1. The van der Waals surface area contributed by atoms with Crippen molar-refractivity contribution < 1.29 is 23.9 Å². The van der Waals surface area contributed by atoms with Crippen molar-refractivity contribution in [2.24, 2.45) is 0 Å². The average Bonchev–Trinajstić information content (AvgIpc) is 2.75. The van der Waals surface area contributed by atoms with Crippen LogP contribution < -0.4 is 10.1 Å². The molecule has 2 aromatic carbocycles. The smallest absolute Gasteiger partial charge is 0.331 e. The Kier molecular flexibility index (Phi) is 5.03. The van der Waals surface area contributed by atoms with Gasteiger partial charge in [0, 0.05) is 17.0 Å². The maximum atomic E-state index is 12.3. The highest BCUT2D eigenvalue weighted by Crippen LogP contribution is 2.28. The average molecular weight is 388 g/mol. The minimum atomic E-state index is -0.650. The summed E-state index contributed by atoms with van der Waals surface area (Å²) < 4.78 is 10.3. The van der Waals surface area contributed by atoms with Crippen LogP contribution >= 0.6 is 0 Å². The number of ketones is 1. The Labute approximate surface area is 166 Å². The maximum Gasteiger partial charge on any atom is 0.331 e. The van der Waals surface area contributed by atoms with E-state index in [2.05, 4.69) is 10.3 Å². The van der Waals surface area contributed by atoms with Crippen LogP contribution in [0.1, 0.15) is 16.1 Å². The van der Waals surface area contributed by atoms with Crippen molar-refractivity contribution in [2.45, 2.75) is 0 Å². The van der Waals surface area contributed by atoms with Crippen molar-refractivity contribution in [3.05, 3.63) is 71.9 Å². The number of rotatable bonds is 5. The van der Waals surface area contributed by atoms with E-state index in [9.17, 15) is 14.4 Å². The number of fused-ring (bicyclic) bond motifs is 2. The lowest BCUT2D eigenvalue weighted by Crippen LogP contribution is -2.25. The number of aromatic nitrogens is 1. The molecule has 1 N–H and O–H groups in total. The Hall–Kier alpha value is -4.00. The van der Waals surface area contributed by atoms with E-state index < -0.39 is 18.4 Å². The van der Waals surface area contributed by atoms with Gasteiger partial charge in [-0.15, -0.1) is 0 Å². The van der Waals surface area contributed by atoms with Gasteiger partial charge in [-0.2, -0.15) is 0 Å². The highest BCUT2D eigenvalue weighted by molar-refractivity contribution is 6.02. The van der Waals surface area contributed by atoms with Crippen LogP contribution in [0.2, 0.25) is 0 Å². The summed E-state index contributed by atoms with van der Waals surface area (Å²) in [5.74, 6) is -0.842. The topological polar surface area (TPSA) is 94.6 Å². The van der Waals surface area contributed by atoms with Gasteiger partial charge in [0.25, 0.3) is 5.91 Å². The number of anilines is 1. The molecule has 4 rings (SSSR count). The number of hydrogen-bond donors (Lipinski definition) is 1. The third kappa shape index (κ3) is 4.30. The van der Waals surface area contributed by atoms with E-state index in [0.29, 0.717) is 22.7 Å². The Bertz CT molecular complexity index is 1150. The molecular formula is C22H16N2O5. The predicted molar refractivity (Wildman–Crippen MR) is 107 cm³/mol. The first-order valence-corrected chi connectivity index (χ1v) is 8.89. The van der Waals surface area contributed by atoms with E-state index in [1.807, 2.05) is 30.3 Å². The first-order valence-electron chi connectivity index (χ1n) is 8.89. The second-order valence-corrected chi connectivity index (χ2v) is 6.34. The van der Waals surface area contributed by atoms with Crippen LogP contribution in [0.3, 0.4) is 0 Å². The minimum Gasteiger partial charge on any atom is -0.482 e. The van der Waals surface area contributed by atoms with Crippen molar-refractivity contribution >= 4 is 40.3 Å². The Morgan fingerprint density at radius 2 is 2.00 bits per heavy atom. The number of amides is 1. The van der Waals surface area contributed by atoms with Crippen molar-refractivity contribution in [2.75, 3.05) is 18.5 Å². The van der Waals surface area contributed by atoms with Crippen molar-refractivity contribution in [3.8, 4) is 5.75 Å². The van der Waals surface area contributed by atoms with Crippen LogP contribution in [0.15, 0.2) is 60.7 Å². The number of nitrogens with zero attached hydrogens (tertiary/aromatic N) is 1. The summed E-state index contributed by atoms with van der Waals surface area (Å²) >= 11 is 0. The summed E-state index contributed by atoms with van der Waals surface area (Å²) in [4.78, 5) is 40.0. The summed E-state index contributed by atoms with van der Waals surface area (Å²) in [5, 5.41) is 3.63. The molecule has 0 radical (unpaired) electrons. The maximum absolute atomic E-state index is 12.3. The molecule has 0 saturated heterocycles. The highest BCUT2D eigenvalue weighted by atomic mass is 16.5. The molecule has 7 nitrogen and oxygen atoms in total. The lowest BCUT2D eigenvalue weighted by Gasteiger charge is -2.18. The molecule has 0 saturated carbocycles. The lowest BCUT2D eigenvalue weighted by atomic mass is 10.1. The van der Waals surface area contributed by atoms with Gasteiger partial charge >= 0.3 is 5.97 Å². The molecule has 7 heteroatoms. The van der Waals surface area contributed by atoms with Crippen molar-refractivity contribution in [1.82, 2.24) is 4.98 Å². The largest absolute Gasteiger partial charge is 0.482 e. The zero-order chi connectivity index (χ0) is 20.2. The molecule has 0 aliphatic carbocycles. The van der Waals surface area contributed by atoms with Crippen LogP contribution in [-0.2, 0) is 14.3 Å². The Balaban J connectivity index is 1.36. The van der Waals surface area contributed by atoms with Crippen LogP contribution in [0.4, 0.5) is 5.69 Å². The number of pyridine rings is 1. The number of hydrogen-bond acceptors (Lipinski definition) is 6. The molecule has 3 aromatic rings. The quantitative estimate of drug-likeness (QED) is 0.410. The summed E-state index contributed by atoms with van der Waals surface area (Å²) in [5.41, 5.74) is 2.15. The number of carbonyl (C=O) groups is 3. The monoisotopic (exact) mass is 388 g/mol. The molecule has 29 heavy (non-hydrogen) atoms. The van der Waals surface area contributed by atoms with Gasteiger partial charge in [-0.05, 0) is 36.4 Å². The first kappa shape index (κ1) is 18.4. The van der Waals surface area contributed by atoms with Gasteiger partial charge in [-0.1, -0.05) is 24.3 Å². The van der Waals surface area contributed by atoms with E-state index in [4.69, 9.17) is 9.47 Å². The number of benzene rings is 2. The molecule has 0 fully saturated rings. The molecule has 0 atom stereocenters. The summed E-state index contributed by atoms with van der Waals surface area (Å²) in [6, 6.07) is 16.0. The van der Waals surface area contributed by atoms with Crippen LogP contribution in [0, 0.1) is 0 Å². The van der Waals surface area contributed by atoms with Gasteiger partial charge in [0.2, 0.25) is 0 Å². The third-order valence-corrected chi connectivity index (χ3v) is 4.29. The van der Waals surface area contributed by atoms with Gasteiger partial charge < -0.3 is 14.8 Å². The molecule has 0 bridgehead atoms. The minimum absolute atomic E-state index is 0.0592. The zero-order valence-corrected chi connectivity index (χ0v) is 15.3. The summed E-state index contributed by atoms with van der Waals surface area (Å²) in [6.45, 7) is -0.474. The fourth-order valence-corrected chi connectivity index (χ4v) is 2.85. The van der Waals surface area contributed by atoms with Gasteiger partial charge in [0.05, 0.1) is 16.9 Å². The lowest BCUT2D eigenvalue weighted by molar-refractivity contribution is -0.136. The fraction of sp³-hybridized carbons (Fsp3) is 0.0909. The number of esters is 1. The molecule has 2 heterocycles. The van der Waals surface area contributed by atoms with Gasteiger partial charge in [-0.25, -0.2) is 9.78 Å². The third-order valence-electron chi connectivity index (χ3n) is 4.29. The summed E-state index contributed by atoms with van der Waals surface area (Å²) in [7, 11) is 0. The van der Waals surface area contributed by atoms with Gasteiger partial charge in [-0.3, -0.25) is 9.59 Å². The van der Waals surface area contributed by atoms with Crippen LogP contribution in [-0.4, -0.2) is 35.9 Å². The van der Waals surface area contributed by atoms with Gasteiger partial charge in [0.1, 0.15) is 5.75 Å². The zero-order valence-electron chi connectivity index (χ0n) is 15.3. The van der Waals surface area contributed by atoms with Crippen molar-refractivity contribution in [1.29, 1.82) is 0 Å². The number of para-hydroxylation sites is 1. The normalized spacial score (nSPS) is 12.9. The molecule has 1 aliphatic heterocycles. The van der Waals surface area contributed by atoms with E-state index in [-0.39, 0.29) is 12.5 Å². The molecule has 0 unspecified atom stereocenters. The molecular weight excluding hydrogens is 372 g/mol. The van der Waals surface area contributed by atoms with E-state index >= 15 is 0 Å². The summed E-state index contributed by atoms with van der Waals surface area (Å²) in [6.07, 6.45) is 2.76.